The van der Waals surface area contributed by atoms with Crippen molar-refractivity contribution in [1.29, 1.82) is 0 Å². The summed E-state index contributed by atoms with van der Waals surface area (Å²) in [6.45, 7) is 2.40. The Labute approximate surface area is 97.9 Å². The van der Waals surface area contributed by atoms with Gasteiger partial charge in [-0.1, -0.05) is 26.2 Å². The highest BCUT2D eigenvalue weighted by Gasteiger charge is 2.32. The van der Waals surface area contributed by atoms with E-state index < -0.39 is 0 Å². The number of rotatable bonds is 1. The second kappa shape index (κ2) is 3.90. The summed E-state index contributed by atoms with van der Waals surface area (Å²) in [4.78, 5) is 8.52. The quantitative estimate of drug-likeness (QED) is 0.767. The molecule has 2 aliphatic rings. The number of hydrogen-bond donors (Lipinski definition) is 1. The van der Waals surface area contributed by atoms with E-state index in [2.05, 4.69) is 11.9 Å². The zero-order valence-corrected chi connectivity index (χ0v) is 10.3. The van der Waals surface area contributed by atoms with Crippen LogP contribution in [0.5, 0.6) is 0 Å². The molecule has 2 aliphatic carbocycles. The van der Waals surface area contributed by atoms with Crippen LogP contribution in [0.3, 0.4) is 0 Å². The average molecular weight is 218 g/mol. The molecule has 0 saturated heterocycles. The number of H-pyrrole nitrogens is 1. The normalized spacial score (nSPS) is 24.1. The zero-order chi connectivity index (χ0) is 11.0. The number of imidazole rings is 1. The van der Waals surface area contributed by atoms with Gasteiger partial charge in [0.05, 0.1) is 5.69 Å². The smallest absolute Gasteiger partial charge is 0.112 e. The molecule has 0 aromatic carbocycles. The summed E-state index contributed by atoms with van der Waals surface area (Å²) in [6.07, 6.45) is 11.9. The first kappa shape index (κ1) is 10.4. The van der Waals surface area contributed by atoms with Gasteiger partial charge < -0.3 is 4.98 Å². The van der Waals surface area contributed by atoms with Crippen LogP contribution in [0.2, 0.25) is 0 Å². The zero-order valence-electron chi connectivity index (χ0n) is 10.3. The van der Waals surface area contributed by atoms with E-state index in [-0.39, 0.29) is 0 Å². The molecule has 2 nitrogen and oxygen atoms in total. The summed E-state index contributed by atoms with van der Waals surface area (Å²) in [5.41, 5.74) is 3.15. The minimum atomic E-state index is 0.343. The van der Waals surface area contributed by atoms with Crippen LogP contribution < -0.4 is 0 Å². The third kappa shape index (κ3) is 1.68. The number of nitrogens with one attached hydrogen (secondary N) is 1. The van der Waals surface area contributed by atoms with Crippen LogP contribution in [0, 0.1) is 0 Å². The molecule has 0 bridgehead atoms. The Morgan fingerprint density at radius 1 is 1.00 bits per heavy atom. The SMILES string of the molecule is CC1(c2nc3c([nH]2)CCCC3)CCCCC1. The number of aromatic amines is 1. The van der Waals surface area contributed by atoms with Crippen molar-refractivity contribution in [3.05, 3.63) is 17.2 Å². The van der Waals surface area contributed by atoms with Gasteiger partial charge in [-0.3, -0.25) is 0 Å². The molecule has 16 heavy (non-hydrogen) atoms. The summed E-state index contributed by atoms with van der Waals surface area (Å²) in [7, 11) is 0. The van der Waals surface area contributed by atoms with Crippen LogP contribution in [0.15, 0.2) is 0 Å². The Morgan fingerprint density at radius 3 is 2.50 bits per heavy atom. The van der Waals surface area contributed by atoms with E-state index in [1.807, 2.05) is 0 Å². The minimum Gasteiger partial charge on any atom is -0.345 e. The highest BCUT2D eigenvalue weighted by molar-refractivity contribution is 5.22. The van der Waals surface area contributed by atoms with E-state index in [0.29, 0.717) is 5.41 Å². The van der Waals surface area contributed by atoms with Crippen LogP contribution >= 0.6 is 0 Å². The van der Waals surface area contributed by atoms with Gasteiger partial charge >= 0.3 is 0 Å². The average Bonchev–Trinajstić information content (AvgIpc) is 2.74. The van der Waals surface area contributed by atoms with Crippen LogP contribution in [0.25, 0.3) is 0 Å². The first-order chi connectivity index (χ1) is 7.78. The maximum Gasteiger partial charge on any atom is 0.112 e. The maximum absolute atomic E-state index is 4.89. The Morgan fingerprint density at radius 2 is 1.75 bits per heavy atom. The number of hydrogen-bond acceptors (Lipinski definition) is 1. The summed E-state index contributed by atoms with van der Waals surface area (Å²) >= 11 is 0. The Balaban J connectivity index is 1.90. The van der Waals surface area contributed by atoms with Crippen molar-refractivity contribution in [2.24, 2.45) is 0 Å². The second-order valence-electron chi connectivity index (χ2n) is 5.84. The van der Waals surface area contributed by atoms with E-state index in [0.717, 1.165) is 0 Å². The van der Waals surface area contributed by atoms with Gasteiger partial charge in [0.2, 0.25) is 0 Å². The van der Waals surface area contributed by atoms with Crippen LogP contribution in [0.4, 0.5) is 0 Å². The van der Waals surface area contributed by atoms with Crippen molar-refractivity contribution in [3.63, 3.8) is 0 Å². The fourth-order valence-electron chi connectivity index (χ4n) is 3.31. The molecule has 3 rings (SSSR count). The number of aromatic nitrogens is 2. The molecule has 1 N–H and O–H groups in total. The fraction of sp³-hybridized carbons (Fsp3) is 0.786. The fourth-order valence-corrected chi connectivity index (χ4v) is 3.31. The molecule has 0 radical (unpaired) electrons. The first-order valence-electron chi connectivity index (χ1n) is 6.86. The predicted octanol–water partition coefficient (Wildman–Crippen LogP) is 3.51. The Kier molecular flexibility index (Phi) is 2.53. The van der Waals surface area contributed by atoms with Gasteiger partial charge in [0, 0.05) is 11.1 Å². The highest BCUT2D eigenvalue weighted by atomic mass is 15.0. The monoisotopic (exact) mass is 218 g/mol. The first-order valence-corrected chi connectivity index (χ1v) is 6.86. The lowest BCUT2D eigenvalue weighted by molar-refractivity contribution is 0.305. The molecule has 0 atom stereocenters. The van der Waals surface area contributed by atoms with E-state index >= 15 is 0 Å². The largest absolute Gasteiger partial charge is 0.345 e. The topological polar surface area (TPSA) is 28.7 Å². The molecule has 88 valence electrons. The minimum absolute atomic E-state index is 0.343. The van der Waals surface area contributed by atoms with Gasteiger partial charge in [-0.05, 0) is 38.5 Å². The van der Waals surface area contributed by atoms with Crippen molar-refractivity contribution < 1.29 is 0 Å². The molecule has 1 aromatic rings. The van der Waals surface area contributed by atoms with Crippen molar-refractivity contribution >= 4 is 0 Å². The van der Waals surface area contributed by atoms with Crippen LogP contribution in [0.1, 0.15) is 69.1 Å². The van der Waals surface area contributed by atoms with Gasteiger partial charge in [0.15, 0.2) is 0 Å². The molecule has 0 spiro atoms. The molecule has 0 unspecified atom stereocenters. The van der Waals surface area contributed by atoms with Gasteiger partial charge in [-0.2, -0.15) is 0 Å². The van der Waals surface area contributed by atoms with Crippen LogP contribution in [-0.4, -0.2) is 9.97 Å². The van der Waals surface area contributed by atoms with Gasteiger partial charge in [0.1, 0.15) is 5.82 Å². The molecule has 0 amide bonds. The molecule has 1 heterocycles. The lowest BCUT2D eigenvalue weighted by Crippen LogP contribution is -2.26. The molecular weight excluding hydrogens is 196 g/mol. The van der Waals surface area contributed by atoms with E-state index in [4.69, 9.17) is 4.98 Å². The van der Waals surface area contributed by atoms with Gasteiger partial charge in [0.25, 0.3) is 0 Å². The third-order valence-corrected chi connectivity index (χ3v) is 4.48. The lowest BCUT2D eigenvalue weighted by Gasteiger charge is -2.31. The van der Waals surface area contributed by atoms with E-state index in [1.54, 1.807) is 0 Å². The summed E-state index contributed by atoms with van der Waals surface area (Å²) in [6, 6.07) is 0. The second-order valence-corrected chi connectivity index (χ2v) is 5.84. The van der Waals surface area contributed by atoms with Crippen molar-refractivity contribution in [2.45, 2.75) is 70.1 Å². The summed E-state index contributed by atoms with van der Waals surface area (Å²) < 4.78 is 0. The maximum atomic E-state index is 4.89. The van der Waals surface area contributed by atoms with E-state index in [1.165, 1.54) is 75.0 Å². The van der Waals surface area contributed by atoms with Gasteiger partial charge in [-0.25, -0.2) is 4.98 Å². The number of nitrogens with zero attached hydrogens (tertiary/aromatic N) is 1. The van der Waals surface area contributed by atoms with Crippen molar-refractivity contribution in [3.8, 4) is 0 Å². The summed E-state index contributed by atoms with van der Waals surface area (Å²) in [5.74, 6) is 1.29. The third-order valence-electron chi connectivity index (χ3n) is 4.48. The molecule has 1 aromatic heterocycles. The molecule has 1 saturated carbocycles. The highest BCUT2D eigenvalue weighted by Crippen LogP contribution is 2.38. The van der Waals surface area contributed by atoms with Crippen molar-refractivity contribution in [1.82, 2.24) is 9.97 Å². The lowest BCUT2D eigenvalue weighted by atomic mass is 9.75. The molecule has 1 fully saturated rings. The number of fused-ring (bicyclic) bond motifs is 1. The number of aryl methyl sites for hydroxylation is 2. The Hall–Kier alpha value is -0.790. The molecular formula is C14H22N2. The molecule has 2 heteroatoms. The summed E-state index contributed by atoms with van der Waals surface area (Å²) in [5, 5.41) is 0. The Bertz CT molecular complexity index is 349. The van der Waals surface area contributed by atoms with E-state index in [9.17, 15) is 0 Å². The standard InChI is InChI=1S/C14H22N2/c1-14(9-5-2-6-10-14)13-15-11-7-3-4-8-12(11)16-13/h2-10H2,1H3,(H,15,16). The van der Waals surface area contributed by atoms with Gasteiger partial charge in [-0.15, -0.1) is 0 Å². The molecule has 0 aliphatic heterocycles. The van der Waals surface area contributed by atoms with Crippen LogP contribution in [-0.2, 0) is 18.3 Å². The van der Waals surface area contributed by atoms with Crippen molar-refractivity contribution in [2.75, 3.05) is 0 Å². The predicted molar refractivity (Wildman–Crippen MR) is 65.7 cm³/mol.